The zero-order valence-corrected chi connectivity index (χ0v) is 16.2. The van der Waals surface area contributed by atoms with E-state index in [1.807, 2.05) is 0 Å². The van der Waals surface area contributed by atoms with E-state index < -0.39 is 0 Å². The van der Waals surface area contributed by atoms with Crippen LogP contribution >= 0.6 is 0 Å². The van der Waals surface area contributed by atoms with Crippen molar-refractivity contribution in [1.82, 2.24) is 9.80 Å². The van der Waals surface area contributed by atoms with E-state index in [0.29, 0.717) is 17.4 Å². The summed E-state index contributed by atoms with van der Waals surface area (Å²) in [6.07, 6.45) is 6.87. The number of rotatable bonds is 5. The summed E-state index contributed by atoms with van der Waals surface area (Å²) in [6, 6.07) is 11.3. The van der Waals surface area contributed by atoms with Crippen molar-refractivity contribution in [2.45, 2.75) is 51.5 Å². The Balaban J connectivity index is 1.26. The van der Waals surface area contributed by atoms with Gasteiger partial charge in [-0.25, -0.2) is 0 Å². The van der Waals surface area contributed by atoms with Crippen LogP contribution in [0.5, 0.6) is 0 Å². The molecule has 1 unspecified atom stereocenters. The van der Waals surface area contributed by atoms with Gasteiger partial charge < -0.3 is 9.80 Å². The van der Waals surface area contributed by atoms with Gasteiger partial charge in [0.1, 0.15) is 0 Å². The number of nitrogens with zero attached hydrogens (tertiary/aromatic N) is 3. The summed E-state index contributed by atoms with van der Waals surface area (Å²) in [4.78, 5) is 19.9. The third-order valence-corrected chi connectivity index (χ3v) is 6.75. The van der Waals surface area contributed by atoms with Crippen LogP contribution in [0.4, 0.5) is 5.69 Å². The number of carbonyl (C=O) groups is 1. The molecular weight excluding hydrogens is 322 g/mol. The molecule has 1 aromatic carbocycles. The maximum atomic E-state index is 12.6. The first-order valence-corrected chi connectivity index (χ1v) is 10.4. The Morgan fingerprint density at radius 2 is 1.81 bits per heavy atom. The van der Waals surface area contributed by atoms with Gasteiger partial charge in [-0.1, -0.05) is 25.1 Å². The van der Waals surface area contributed by atoms with Crippen molar-refractivity contribution < 1.29 is 4.79 Å². The molecule has 2 aliphatic heterocycles. The Bertz CT molecular complexity index is 605. The highest BCUT2D eigenvalue weighted by Gasteiger charge is 2.38. The predicted molar refractivity (Wildman–Crippen MR) is 106 cm³/mol. The van der Waals surface area contributed by atoms with Crippen LogP contribution in [0.3, 0.4) is 0 Å². The maximum absolute atomic E-state index is 12.6. The van der Waals surface area contributed by atoms with E-state index in [1.165, 1.54) is 24.9 Å². The number of piperazine rings is 1. The molecule has 26 heavy (non-hydrogen) atoms. The molecule has 3 aliphatic rings. The lowest BCUT2D eigenvalue weighted by molar-refractivity contribution is -0.133. The van der Waals surface area contributed by atoms with Crippen molar-refractivity contribution in [3.63, 3.8) is 0 Å². The molecule has 1 aromatic rings. The minimum atomic E-state index is 0.394. The third-order valence-electron chi connectivity index (χ3n) is 6.75. The van der Waals surface area contributed by atoms with Gasteiger partial charge in [-0.15, -0.1) is 0 Å². The van der Waals surface area contributed by atoms with Crippen molar-refractivity contribution in [1.29, 1.82) is 0 Å². The van der Waals surface area contributed by atoms with Crippen molar-refractivity contribution >= 4 is 11.6 Å². The lowest BCUT2D eigenvalue weighted by atomic mass is 10.00. The van der Waals surface area contributed by atoms with Gasteiger partial charge in [0.05, 0.1) is 0 Å². The molecule has 3 fully saturated rings. The highest BCUT2D eigenvalue weighted by molar-refractivity contribution is 5.76. The molecule has 0 aromatic heterocycles. The number of piperidine rings is 1. The number of para-hydroxylation sites is 1. The minimum absolute atomic E-state index is 0.394. The second-order valence-electron chi connectivity index (χ2n) is 8.81. The van der Waals surface area contributed by atoms with Crippen LogP contribution in [0.1, 0.15) is 45.4 Å². The van der Waals surface area contributed by atoms with E-state index in [9.17, 15) is 4.79 Å². The van der Waals surface area contributed by atoms with Crippen molar-refractivity contribution in [3.05, 3.63) is 30.3 Å². The Morgan fingerprint density at radius 1 is 1.08 bits per heavy atom. The zero-order valence-electron chi connectivity index (χ0n) is 16.2. The molecule has 1 amide bonds. The quantitative estimate of drug-likeness (QED) is 0.810. The molecular formula is C22H33N3O. The van der Waals surface area contributed by atoms with Gasteiger partial charge in [0.15, 0.2) is 0 Å². The Hall–Kier alpha value is -1.55. The summed E-state index contributed by atoms with van der Waals surface area (Å²) in [6.45, 7) is 8.64. The molecule has 1 aliphatic carbocycles. The van der Waals surface area contributed by atoms with Gasteiger partial charge in [-0.3, -0.25) is 9.69 Å². The summed E-state index contributed by atoms with van der Waals surface area (Å²) < 4.78 is 0. The molecule has 1 saturated carbocycles. The van der Waals surface area contributed by atoms with Crippen LogP contribution in [0.25, 0.3) is 0 Å². The number of hydrogen-bond acceptors (Lipinski definition) is 3. The van der Waals surface area contributed by atoms with E-state index in [4.69, 9.17) is 0 Å². The predicted octanol–water partition coefficient (Wildman–Crippen LogP) is 3.38. The van der Waals surface area contributed by atoms with Gasteiger partial charge in [-0.2, -0.15) is 0 Å². The lowest BCUT2D eigenvalue weighted by Crippen LogP contribution is -2.55. The first-order chi connectivity index (χ1) is 12.6. The first kappa shape index (κ1) is 17.8. The average Bonchev–Trinajstić information content (AvgIpc) is 3.45. The van der Waals surface area contributed by atoms with Crippen molar-refractivity contribution in [3.8, 4) is 0 Å². The maximum Gasteiger partial charge on any atom is 0.222 e. The van der Waals surface area contributed by atoms with Crippen molar-refractivity contribution in [2.24, 2.45) is 5.41 Å². The van der Waals surface area contributed by atoms with Gasteiger partial charge in [0, 0.05) is 57.4 Å². The van der Waals surface area contributed by atoms with Gasteiger partial charge >= 0.3 is 0 Å². The number of likely N-dealkylation sites (tertiary alicyclic amines) is 1. The SMILES string of the molecule is CC1(CCC(=O)N2CCCC(N3CCN(c4ccccc4)CC3)C2)CC1. The standard InChI is InChI=1S/C22H33N3O/c1-22(11-12-22)10-9-21(26)25-13-5-8-20(18-25)24-16-14-23(15-17-24)19-6-3-2-4-7-19/h2-4,6-7,20H,5,8-18H2,1H3. The van der Waals surface area contributed by atoms with Gasteiger partial charge in [0.25, 0.3) is 0 Å². The van der Waals surface area contributed by atoms with Gasteiger partial charge in [0.2, 0.25) is 5.91 Å². The topological polar surface area (TPSA) is 26.8 Å². The zero-order chi connectivity index (χ0) is 18.0. The van der Waals surface area contributed by atoms with E-state index in [2.05, 4.69) is 52.0 Å². The number of anilines is 1. The van der Waals surface area contributed by atoms with Crippen LogP contribution < -0.4 is 4.90 Å². The molecule has 4 nitrogen and oxygen atoms in total. The van der Waals surface area contributed by atoms with E-state index in [0.717, 1.165) is 58.5 Å². The fourth-order valence-corrected chi connectivity index (χ4v) is 4.49. The van der Waals surface area contributed by atoms with Gasteiger partial charge in [-0.05, 0) is 49.7 Å². The summed E-state index contributed by atoms with van der Waals surface area (Å²) in [5, 5.41) is 0. The normalized spacial score (nSPS) is 26.0. The fourth-order valence-electron chi connectivity index (χ4n) is 4.49. The average molecular weight is 356 g/mol. The summed E-state index contributed by atoms with van der Waals surface area (Å²) in [5.74, 6) is 0.394. The molecule has 2 saturated heterocycles. The van der Waals surface area contributed by atoms with E-state index in [1.54, 1.807) is 0 Å². The van der Waals surface area contributed by atoms with Crippen LogP contribution in [0.15, 0.2) is 30.3 Å². The molecule has 2 heterocycles. The molecule has 0 radical (unpaired) electrons. The Kier molecular flexibility index (Phi) is 5.21. The van der Waals surface area contributed by atoms with E-state index >= 15 is 0 Å². The molecule has 142 valence electrons. The van der Waals surface area contributed by atoms with Crippen molar-refractivity contribution in [2.75, 3.05) is 44.2 Å². The second kappa shape index (κ2) is 7.59. The number of carbonyl (C=O) groups excluding carboxylic acids is 1. The van der Waals surface area contributed by atoms with E-state index in [-0.39, 0.29) is 0 Å². The van der Waals surface area contributed by atoms with Crippen LogP contribution in [-0.2, 0) is 4.79 Å². The third kappa shape index (κ3) is 4.22. The van der Waals surface area contributed by atoms with Crippen LogP contribution in [0.2, 0.25) is 0 Å². The Labute approximate surface area is 158 Å². The monoisotopic (exact) mass is 355 g/mol. The molecule has 0 bridgehead atoms. The summed E-state index contributed by atoms with van der Waals surface area (Å²) in [7, 11) is 0. The molecule has 4 heteroatoms. The molecule has 1 atom stereocenters. The minimum Gasteiger partial charge on any atom is -0.369 e. The summed E-state index contributed by atoms with van der Waals surface area (Å²) >= 11 is 0. The molecule has 0 N–H and O–H groups in total. The molecule has 0 spiro atoms. The number of benzene rings is 1. The van der Waals surface area contributed by atoms with Crippen LogP contribution in [-0.4, -0.2) is 61.0 Å². The second-order valence-corrected chi connectivity index (χ2v) is 8.81. The number of hydrogen-bond donors (Lipinski definition) is 0. The first-order valence-electron chi connectivity index (χ1n) is 10.4. The fraction of sp³-hybridized carbons (Fsp3) is 0.682. The lowest BCUT2D eigenvalue weighted by Gasteiger charge is -2.44. The smallest absolute Gasteiger partial charge is 0.222 e. The van der Waals surface area contributed by atoms with Crippen LogP contribution in [0, 0.1) is 5.41 Å². The molecule has 4 rings (SSSR count). The Morgan fingerprint density at radius 3 is 2.50 bits per heavy atom. The summed E-state index contributed by atoms with van der Waals surface area (Å²) in [5.41, 5.74) is 1.82. The highest BCUT2D eigenvalue weighted by Crippen LogP contribution is 2.48. The highest BCUT2D eigenvalue weighted by atomic mass is 16.2. The largest absolute Gasteiger partial charge is 0.369 e. The number of amides is 1.